The number of ether oxygens (including phenoxy) is 1. The molecule has 142 valence electrons. The predicted molar refractivity (Wildman–Crippen MR) is 114 cm³/mol. The summed E-state index contributed by atoms with van der Waals surface area (Å²) < 4.78 is 5.32. The fourth-order valence-electron chi connectivity index (χ4n) is 3.44. The van der Waals surface area contributed by atoms with Crippen LogP contribution in [0.3, 0.4) is 0 Å². The predicted octanol–water partition coefficient (Wildman–Crippen LogP) is 6.37. The lowest BCUT2D eigenvalue weighted by molar-refractivity contribution is 0.415. The molecule has 3 nitrogen and oxygen atoms in total. The summed E-state index contributed by atoms with van der Waals surface area (Å²) in [5, 5.41) is 1.39. The number of pyridine rings is 1. The number of halogens is 1. The van der Waals surface area contributed by atoms with Crippen LogP contribution in [0.25, 0.3) is 22.2 Å². The lowest BCUT2D eigenvalue weighted by Crippen LogP contribution is -2.13. The van der Waals surface area contributed by atoms with E-state index >= 15 is 0 Å². The van der Waals surface area contributed by atoms with Crippen molar-refractivity contribution < 1.29 is 4.74 Å². The van der Waals surface area contributed by atoms with Gasteiger partial charge in [-0.2, -0.15) is 0 Å². The van der Waals surface area contributed by atoms with Gasteiger partial charge in [0.1, 0.15) is 5.75 Å². The Labute approximate surface area is 165 Å². The van der Waals surface area contributed by atoms with Crippen molar-refractivity contribution in [1.29, 1.82) is 0 Å². The minimum atomic E-state index is 0.104. The largest absolute Gasteiger partial charge is 0.497 e. The molecule has 0 spiro atoms. The molecule has 2 aromatic carbocycles. The summed E-state index contributed by atoms with van der Waals surface area (Å²) in [6.07, 6.45) is 6.63. The molecule has 27 heavy (non-hydrogen) atoms. The molecule has 0 fully saturated rings. The van der Waals surface area contributed by atoms with Crippen LogP contribution in [0.5, 0.6) is 5.75 Å². The number of aromatic nitrogens is 1. The molecule has 0 saturated heterocycles. The Balaban J connectivity index is 2.06. The smallest absolute Gasteiger partial charge is 0.193 e. The van der Waals surface area contributed by atoms with Gasteiger partial charge in [0.15, 0.2) is 5.43 Å². The molecule has 3 aromatic rings. The van der Waals surface area contributed by atoms with E-state index in [-0.39, 0.29) is 5.43 Å². The zero-order valence-electron chi connectivity index (χ0n) is 16.0. The van der Waals surface area contributed by atoms with Gasteiger partial charge in [-0.1, -0.05) is 56.3 Å². The first-order chi connectivity index (χ1) is 13.1. The number of fused-ring (bicyclic) bond motifs is 1. The first-order valence-corrected chi connectivity index (χ1v) is 10.0. The maximum absolute atomic E-state index is 13.2. The highest BCUT2D eigenvalue weighted by Gasteiger charge is 2.14. The second kappa shape index (κ2) is 9.09. The standard InChI is InChI=1S/C23H26ClNO2/c1-3-4-5-6-7-8-20-22(16-9-11-17(24)12-10-16)25-21-15-18(27-2)13-14-19(21)23(20)26/h9-15H,3-8H2,1-2H3,(H,25,26). The van der Waals surface area contributed by atoms with Gasteiger partial charge in [-0.3, -0.25) is 4.79 Å². The number of hydrogen-bond donors (Lipinski definition) is 1. The van der Waals surface area contributed by atoms with Crippen LogP contribution < -0.4 is 10.2 Å². The Kier molecular flexibility index (Phi) is 6.57. The number of methoxy groups -OCH3 is 1. The first-order valence-electron chi connectivity index (χ1n) is 9.63. The number of rotatable bonds is 8. The fourth-order valence-corrected chi connectivity index (χ4v) is 3.57. The molecule has 0 amide bonds. The highest BCUT2D eigenvalue weighted by atomic mass is 35.5. The minimum absolute atomic E-state index is 0.104. The van der Waals surface area contributed by atoms with Crippen LogP contribution in [0.1, 0.15) is 44.6 Å². The van der Waals surface area contributed by atoms with E-state index in [1.54, 1.807) is 7.11 Å². The third-order valence-corrected chi connectivity index (χ3v) is 5.22. The van der Waals surface area contributed by atoms with Crippen molar-refractivity contribution in [3.8, 4) is 17.0 Å². The van der Waals surface area contributed by atoms with E-state index in [0.717, 1.165) is 47.3 Å². The maximum Gasteiger partial charge on any atom is 0.193 e. The van der Waals surface area contributed by atoms with Crippen molar-refractivity contribution in [3.05, 3.63) is 63.3 Å². The van der Waals surface area contributed by atoms with Gasteiger partial charge in [0, 0.05) is 22.0 Å². The Hall–Kier alpha value is -2.26. The molecule has 0 unspecified atom stereocenters. The number of aromatic amines is 1. The molecule has 0 aliphatic carbocycles. The van der Waals surface area contributed by atoms with Crippen molar-refractivity contribution in [2.45, 2.75) is 45.4 Å². The van der Waals surface area contributed by atoms with Crippen LogP contribution in [-0.2, 0) is 6.42 Å². The second-order valence-corrected chi connectivity index (χ2v) is 7.33. The molecule has 1 heterocycles. The Morgan fingerprint density at radius 3 is 2.44 bits per heavy atom. The van der Waals surface area contributed by atoms with Gasteiger partial charge in [0.05, 0.1) is 18.3 Å². The topological polar surface area (TPSA) is 42.1 Å². The molecule has 3 rings (SSSR count). The van der Waals surface area contributed by atoms with Gasteiger partial charge in [-0.25, -0.2) is 0 Å². The van der Waals surface area contributed by atoms with E-state index < -0.39 is 0 Å². The van der Waals surface area contributed by atoms with Gasteiger partial charge < -0.3 is 9.72 Å². The molecule has 0 aliphatic rings. The summed E-state index contributed by atoms with van der Waals surface area (Å²) in [4.78, 5) is 16.7. The molecular weight excluding hydrogens is 358 g/mol. The summed E-state index contributed by atoms with van der Waals surface area (Å²) >= 11 is 6.05. The fraction of sp³-hybridized carbons (Fsp3) is 0.348. The quantitative estimate of drug-likeness (QED) is 0.459. The van der Waals surface area contributed by atoms with Gasteiger partial charge in [0.25, 0.3) is 0 Å². The van der Waals surface area contributed by atoms with Crippen LogP contribution >= 0.6 is 11.6 Å². The number of nitrogens with one attached hydrogen (secondary N) is 1. The van der Waals surface area contributed by atoms with E-state index in [4.69, 9.17) is 16.3 Å². The normalized spacial score (nSPS) is 11.1. The Bertz CT molecular complexity index is 961. The van der Waals surface area contributed by atoms with Crippen molar-refractivity contribution >= 4 is 22.5 Å². The highest BCUT2D eigenvalue weighted by Crippen LogP contribution is 2.27. The molecular formula is C23H26ClNO2. The third-order valence-electron chi connectivity index (χ3n) is 4.97. The minimum Gasteiger partial charge on any atom is -0.497 e. The lowest BCUT2D eigenvalue weighted by atomic mass is 9.97. The molecule has 1 aromatic heterocycles. The molecule has 0 saturated carbocycles. The van der Waals surface area contributed by atoms with Gasteiger partial charge >= 0.3 is 0 Å². The average molecular weight is 384 g/mol. The van der Waals surface area contributed by atoms with Crippen LogP contribution in [0.4, 0.5) is 0 Å². The zero-order chi connectivity index (χ0) is 19.2. The SMILES string of the molecule is CCCCCCCc1c(-c2ccc(Cl)cc2)[nH]c2cc(OC)ccc2c1=O. The second-order valence-electron chi connectivity index (χ2n) is 6.89. The Morgan fingerprint density at radius 1 is 1.00 bits per heavy atom. The highest BCUT2D eigenvalue weighted by molar-refractivity contribution is 6.30. The number of H-pyrrole nitrogens is 1. The van der Waals surface area contributed by atoms with Gasteiger partial charge in [-0.05, 0) is 42.7 Å². The van der Waals surface area contributed by atoms with Crippen LogP contribution in [-0.4, -0.2) is 12.1 Å². The van der Waals surface area contributed by atoms with E-state index in [9.17, 15) is 4.79 Å². The molecule has 4 heteroatoms. The molecule has 0 bridgehead atoms. The molecule has 0 aliphatic heterocycles. The molecule has 0 atom stereocenters. The van der Waals surface area contributed by atoms with Crippen LogP contribution in [0.2, 0.25) is 5.02 Å². The zero-order valence-corrected chi connectivity index (χ0v) is 16.7. The monoisotopic (exact) mass is 383 g/mol. The van der Waals surface area contributed by atoms with E-state index in [2.05, 4.69) is 11.9 Å². The Morgan fingerprint density at radius 2 is 1.74 bits per heavy atom. The van der Waals surface area contributed by atoms with Gasteiger partial charge in [0.2, 0.25) is 0 Å². The third kappa shape index (κ3) is 4.54. The number of unbranched alkanes of at least 4 members (excludes halogenated alkanes) is 4. The molecule has 0 radical (unpaired) electrons. The summed E-state index contributed by atoms with van der Waals surface area (Å²) in [7, 11) is 1.63. The summed E-state index contributed by atoms with van der Waals surface area (Å²) in [5.74, 6) is 0.729. The maximum atomic E-state index is 13.2. The van der Waals surface area contributed by atoms with Crippen molar-refractivity contribution in [2.24, 2.45) is 0 Å². The summed E-state index contributed by atoms with van der Waals surface area (Å²) in [6, 6.07) is 13.2. The molecule has 1 N–H and O–H groups in total. The van der Waals surface area contributed by atoms with Crippen molar-refractivity contribution in [2.75, 3.05) is 7.11 Å². The van der Waals surface area contributed by atoms with E-state index in [1.165, 1.54) is 19.3 Å². The number of hydrogen-bond acceptors (Lipinski definition) is 2. The van der Waals surface area contributed by atoms with Gasteiger partial charge in [-0.15, -0.1) is 0 Å². The van der Waals surface area contributed by atoms with Crippen LogP contribution in [0.15, 0.2) is 47.3 Å². The van der Waals surface area contributed by atoms with E-state index in [0.29, 0.717) is 10.4 Å². The van der Waals surface area contributed by atoms with Crippen molar-refractivity contribution in [3.63, 3.8) is 0 Å². The van der Waals surface area contributed by atoms with Crippen molar-refractivity contribution in [1.82, 2.24) is 4.98 Å². The number of benzene rings is 2. The van der Waals surface area contributed by atoms with Crippen LogP contribution in [0, 0.1) is 0 Å². The van der Waals surface area contributed by atoms with E-state index in [1.807, 2.05) is 42.5 Å². The summed E-state index contributed by atoms with van der Waals surface area (Å²) in [6.45, 7) is 2.21. The first kappa shape index (κ1) is 19.5. The average Bonchev–Trinajstić information content (AvgIpc) is 2.69. The summed E-state index contributed by atoms with van der Waals surface area (Å²) in [5.41, 5.74) is 3.61. The lowest BCUT2D eigenvalue weighted by Gasteiger charge is -2.13.